The molecular weight excluding hydrogens is 388 g/mol. The molecule has 2 nitrogen and oxygen atoms in total. The maximum atomic E-state index is 6.26. The van der Waals surface area contributed by atoms with E-state index in [1.54, 1.807) is 0 Å². The minimum Gasteiger partial charge on any atom is -0.491 e. The zero-order valence-corrected chi connectivity index (χ0v) is 16.0. The number of halogens is 2. The number of rotatable bonds is 7. The molecular formula is C20H22BrClO2. The molecule has 4 heteroatoms. The van der Waals surface area contributed by atoms with Crippen LogP contribution >= 0.6 is 27.5 Å². The molecule has 24 heavy (non-hydrogen) atoms. The average Bonchev–Trinajstić information content (AvgIpc) is 3.10. The van der Waals surface area contributed by atoms with E-state index in [-0.39, 0.29) is 0 Å². The van der Waals surface area contributed by atoms with E-state index in [2.05, 4.69) is 34.1 Å². The SMILES string of the molecule is Clc1ccc(Br)cc1Cc1ccc(OCCOC2CCCC2)cc1. The molecule has 3 rings (SSSR count). The largest absolute Gasteiger partial charge is 0.491 e. The van der Waals surface area contributed by atoms with Crippen LogP contribution in [-0.4, -0.2) is 19.3 Å². The molecule has 0 heterocycles. The third kappa shape index (κ3) is 5.23. The molecule has 0 spiro atoms. The molecule has 0 radical (unpaired) electrons. The van der Waals surface area contributed by atoms with Crippen LogP contribution in [-0.2, 0) is 11.2 Å². The summed E-state index contributed by atoms with van der Waals surface area (Å²) < 4.78 is 12.6. The van der Waals surface area contributed by atoms with Crippen molar-refractivity contribution < 1.29 is 9.47 Å². The van der Waals surface area contributed by atoms with Crippen molar-refractivity contribution in [1.29, 1.82) is 0 Å². The van der Waals surface area contributed by atoms with Crippen LogP contribution in [0.25, 0.3) is 0 Å². The van der Waals surface area contributed by atoms with Gasteiger partial charge in [0.1, 0.15) is 12.4 Å². The van der Waals surface area contributed by atoms with Gasteiger partial charge in [-0.2, -0.15) is 0 Å². The Labute approximate surface area is 157 Å². The minimum atomic E-state index is 0.450. The summed E-state index contributed by atoms with van der Waals surface area (Å²) in [6.45, 7) is 1.27. The monoisotopic (exact) mass is 408 g/mol. The third-order valence-corrected chi connectivity index (χ3v) is 5.20. The van der Waals surface area contributed by atoms with Crippen LogP contribution < -0.4 is 4.74 Å². The topological polar surface area (TPSA) is 18.5 Å². The van der Waals surface area contributed by atoms with Crippen LogP contribution in [0.1, 0.15) is 36.8 Å². The highest BCUT2D eigenvalue weighted by Crippen LogP contribution is 2.24. The Morgan fingerprint density at radius 3 is 2.50 bits per heavy atom. The molecule has 1 saturated carbocycles. The van der Waals surface area contributed by atoms with Crippen LogP contribution in [0.2, 0.25) is 5.02 Å². The number of hydrogen-bond acceptors (Lipinski definition) is 2. The van der Waals surface area contributed by atoms with Crippen LogP contribution in [0.3, 0.4) is 0 Å². The van der Waals surface area contributed by atoms with Gasteiger partial charge in [-0.25, -0.2) is 0 Å². The van der Waals surface area contributed by atoms with Gasteiger partial charge < -0.3 is 9.47 Å². The fourth-order valence-electron chi connectivity index (χ4n) is 3.03. The van der Waals surface area contributed by atoms with E-state index in [1.165, 1.54) is 31.2 Å². The molecule has 0 N–H and O–H groups in total. The van der Waals surface area contributed by atoms with Crippen LogP contribution in [0.4, 0.5) is 0 Å². The molecule has 0 atom stereocenters. The van der Waals surface area contributed by atoms with Gasteiger partial charge >= 0.3 is 0 Å². The maximum absolute atomic E-state index is 6.26. The van der Waals surface area contributed by atoms with Crippen molar-refractivity contribution in [2.75, 3.05) is 13.2 Å². The first-order valence-corrected chi connectivity index (χ1v) is 9.65. The Hall–Kier alpha value is -1.03. The Kier molecular flexibility index (Phi) is 6.59. The second-order valence-corrected chi connectivity index (χ2v) is 7.51. The molecule has 0 amide bonds. The van der Waals surface area contributed by atoms with Gasteiger partial charge in [-0.1, -0.05) is 52.5 Å². The first-order valence-electron chi connectivity index (χ1n) is 8.48. The first kappa shape index (κ1) is 17.8. The summed E-state index contributed by atoms with van der Waals surface area (Å²) in [6, 6.07) is 14.1. The summed E-state index contributed by atoms with van der Waals surface area (Å²) in [6.07, 6.45) is 6.26. The zero-order chi connectivity index (χ0) is 16.8. The van der Waals surface area contributed by atoms with Crippen molar-refractivity contribution in [3.8, 4) is 5.75 Å². The summed E-state index contributed by atoms with van der Waals surface area (Å²) in [5, 5.41) is 0.794. The van der Waals surface area contributed by atoms with Crippen LogP contribution in [0, 0.1) is 0 Å². The number of hydrogen-bond donors (Lipinski definition) is 0. The normalized spacial score (nSPS) is 14.9. The summed E-state index contributed by atoms with van der Waals surface area (Å²) in [5.41, 5.74) is 2.33. The molecule has 0 bridgehead atoms. The van der Waals surface area contributed by atoms with E-state index in [1.807, 2.05) is 24.3 Å². The van der Waals surface area contributed by atoms with E-state index in [4.69, 9.17) is 21.1 Å². The van der Waals surface area contributed by atoms with Gasteiger partial charge in [0.25, 0.3) is 0 Å². The fourth-order valence-corrected chi connectivity index (χ4v) is 3.62. The summed E-state index contributed by atoms with van der Waals surface area (Å²) in [4.78, 5) is 0. The molecule has 1 fully saturated rings. The second-order valence-electron chi connectivity index (χ2n) is 6.18. The predicted octanol–water partition coefficient (Wildman–Crippen LogP) is 6.03. The van der Waals surface area contributed by atoms with E-state index >= 15 is 0 Å². The molecule has 1 aliphatic carbocycles. The standard InChI is InChI=1S/C20H22BrClO2/c21-17-7-10-20(22)16(14-17)13-15-5-8-19(9-6-15)24-12-11-23-18-3-1-2-4-18/h5-10,14,18H,1-4,11-13H2. The molecule has 0 unspecified atom stereocenters. The van der Waals surface area contributed by atoms with E-state index in [9.17, 15) is 0 Å². The smallest absolute Gasteiger partial charge is 0.119 e. The van der Waals surface area contributed by atoms with Crippen molar-refractivity contribution in [2.24, 2.45) is 0 Å². The van der Waals surface area contributed by atoms with Gasteiger partial charge in [-0.3, -0.25) is 0 Å². The van der Waals surface area contributed by atoms with Gasteiger partial charge in [0.2, 0.25) is 0 Å². The van der Waals surface area contributed by atoms with E-state index in [0.717, 1.165) is 27.2 Å². The average molecular weight is 410 g/mol. The lowest BCUT2D eigenvalue weighted by Crippen LogP contribution is -2.13. The van der Waals surface area contributed by atoms with Crippen molar-refractivity contribution in [3.05, 3.63) is 63.1 Å². The molecule has 2 aromatic carbocycles. The molecule has 128 valence electrons. The fraction of sp³-hybridized carbons (Fsp3) is 0.400. The highest BCUT2D eigenvalue weighted by molar-refractivity contribution is 9.10. The Morgan fingerprint density at radius 2 is 1.75 bits per heavy atom. The van der Waals surface area contributed by atoms with Crippen LogP contribution in [0.5, 0.6) is 5.75 Å². The van der Waals surface area contributed by atoms with Gasteiger partial charge in [0, 0.05) is 9.50 Å². The van der Waals surface area contributed by atoms with Crippen molar-refractivity contribution in [1.82, 2.24) is 0 Å². The lowest BCUT2D eigenvalue weighted by Gasteiger charge is -2.12. The summed E-state index contributed by atoms with van der Waals surface area (Å²) >= 11 is 9.75. The van der Waals surface area contributed by atoms with Gasteiger partial charge in [0.05, 0.1) is 12.7 Å². The Balaban J connectivity index is 1.47. The van der Waals surface area contributed by atoms with Crippen LogP contribution in [0.15, 0.2) is 46.9 Å². The maximum Gasteiger partial charge on any atom is 0.119 e. The summed E-state index contributed by atoms with van der Waals surface area (Å²) in [5.74, 6) is 0.883. The molecule has 0 aliphatic heterocycles. The first-order chi connectivity index (χ1) is 11.7. The second kappa shape index (κ2) is 8.89. The Morgan fingerprint density at radius 1 is 1.00 bits per heavy atom. The van der Waals surface area contributed by atoms with E-state index in [0.29, 0.717) is 19.3 Å². The minimum absolute atomic E-state index is 0.450. The van der Waals surface area contributed by atoms with Gasteiger partial charge in [-0.05, 0) is 60.7 Å². The van der Waals surface area contributed by atoms with Crippen molar-refractivity contribution >= 4 is 27.5 Å². The lowest BCUT2D eigenvalue weighted by atomic mass is 10.1. The number of benzene rings is 2. The Bertz CT molecular complexity index is 651. The van der Waals surface area contributed by atoms with Crippen molar-refractivity contribution in [2.45, 2.75) is 38.2 Å². The summed E-state index contributed by atoms with van der Waals surface area (Å²) in [7, 11) is 0. The third-order valence-electron chi connectivity index (χ3n) is 4.33. The van der Waals surface area contributed by atoms with Crippen molar-refractivity contribution in [3.63, 3.8) is 0 Å². The highest BCUT2D eigenvalue weighted by atomic mass is 79.9. The lowest BCUT2D eigenvalue weighted by molar-refractivity contribution is 0.0382. The molecule has 0 aromatic heterocycles. The molecule has 0 saturated heterocycles. The predicted molar refractivity (Wildman–Crippen MR) is 102 cm³/mol. The zero-order valence-electron chi connectivity index (χ0n) is 13.6. The molecule has 2 aromatic rings. The highest BCUT2D eigenvalue weighted by Gasteiger charge is 2.14. The van der Waals surface area contributed by atoms with Gasteiger partial charge in [0.15, 0.2) is 0 Å². The van der Waals surface area contributed by atoms with E-state index < -0.39 is 0 Å². The van der Waals surface area contributed by atoms with Gasteiger partial charge in [-0.15, -0.1) is 0 Å². The number of ether oxygens (including phenoxy) is 2. The molecule has 1 aliphatic rings. The quantitative estimate of drug-likeness (QED) is 0.520.